The summed E-state index contributed by atoms with van der Waals surface area (Å²) in [6.45, 7) is 0. The van der Waals surface area contributed by atoms with Gasteiger partial charge in [-0.25, -0.2) is 4.79 Å². The summed E-state index contributed by atoms with van der Waals surface area (Å²) in [5.41, 5.74) is 3.41. The van der Waals surface area contributed by atoms with E-state index in [1.165, 1.54) is 0 Å². The summed E-state index contributed by atoms with van der Waals surface area (Å²) in [7, 11) is 0. The second-order valence-electron chi connectivity index (χ2n) is 3.64. The number of rotatable bonds is 5. The molecule has 0 aromatic heterocycles. The Balaban J connectivity index is 2.87. The molecule has 0 heterocycles. The number of carbonyl (C=O) groups is 2. The Labute approximate surface area is 92.5 Å². The number of carboxylic acid groups (broad SMARTS) is 1. The highest BCUT2D eigenvalue weighted by molar-refractivity contribution is 5.86. The number of amides is 1. The third kappa shape index (κ3) is 3.06. The molecule has 0 radical (unpaired) electrons. The zero-order valence-corrected chi connectivity index (χ0v) is 8.59. The third-order valence-corrected chi connectivity index (χ3v) is 2.20. The number of aliphatic carboxylic acids is 1. The molecular formula is C11H13NO4. The lowest BCUT2D eigenvalue weighted by molar-refractivity contribution is -0.161. The number of aliphatic hydroxyl groups is 1. The van der Waals surface area contributed by atoms with Crippen molar-refractivity contribution in [3.8, 4) is 0 Å². The van der Waals surface area contributed by atoms with E-state index in [1.807, 2.05) is 0 Å². The molecule has 5 nitrogen and oxygen atoms in total. The molecule has 1 unspecified atom stereocenters. The standard InChI is InChI=1S/C11H13NO4/c12-9(13)7-11(16,10(14)15)6-8-4-2-1-3-5-8/h1-5,16H,6-7H2,(H2,12,13)(H,14,15). The Bertz CT molecular complexity index is 390. The Morgan fingerprint density at radius 3 is 2.25 bits per heavy atom. The van der Waals surface area contributed by atoms with Crippen molar-refractivity contribution in [2.24, 2.45) is 5.73 Å². The van der Waals surface area contributed by atoms with Gasteiger partial charge in [-0.3, -0.25) is 4.79 Å². The molecule has 0 fully saturated rings. The molecule has 5 heteroatoms. The van der Waals surface area contributed by atoms with Gasteiger partial charge in [-0.2, -0.15) is 0 Å². The van der Waals surface area contributed by atoms with Crippen LogP contribution in [-0.4, -0.2) is 27.7 Å². The quantitative estimate of drug-likeness (QED) is 0.649. The Hall–Kier alpha value is -1.88. The van der Waals surface area contributed by atoms with Crippen LogP contribution in [0.3, 0.4) is 0 Å². The van der Waals surface area contributed by atoms with Crippen LogP contribution in [-0.2, 0) is 16.0 Å². The molecule has 4 N–H and O–H groups in total. The first-order valence-corrected chi connectivity index (χ1v) is 4.72. The van der Waals surface area contributed by atoms with Gasteiger partial charge in [0.1, 0.15) is 0 Å². The number of primary amides is 1. The number of hydrogen-bond acceptors (Lipinski definition) is 3. The minimum Gasteiger partial charge on any atom is -0.479 e. The van der Waals surface area contributed by atoms with Crippen LogP contribution < -0.4 is 5.73 Å². The molecule has 1 amide bonds. The van der Waals surface area contributed by atoms with Gasteiger partial charge < -0.3 is 15.9 Å². The van der Waals surface area contributed by atoms with Crippen molar-refractivity contribution >= 4 is 11.9 Å². The van der Waals surface area contributed by atoms with Gasteiger partial charge in [0.2, 0.25) is 5.91 Å². The second-order valence-corrected chi connectivity index (χ2v) is 3.64. The van der Waals surface area contributed by atoms with Crippen LogP contribution >= 0.6 is 0 Å². The third-order valence-electron chi connectivity index (χ3n) is 2.20. The predicted molar refractivity (Wildman–Crippen MR) is 56.5 cm³/mol. The molecule has 1 aromatic rings. The minimum absolute atomic E-state index is 0.147. The van der Waals surface area contributed by atoms with E-state index in [9.17, 15) is 14.7 Å². The maximum Gasteiger partial charge on any atom is 0.336 e. The molecule has 0 aliphatic heterocycles. The topological polar surface area (TPSA) is 101 Å². The van der Waals surface area contributed by atoms with Crippen LogP contribution in [0.5, 0.6) is 0 Å². The predicted octanol–water partition coefficient (Wildman–Crippen LogP) is -0.0798. The summed E-state index contributed by atoms with van der Waals surface area (Å²) in [5, 5.41) is 18.7. The SMILES string of the molecule is NC(=O)CC(O)(Cc1ccccc1)C(=O)O. The summed E-state index contributed by atoms with van der Waals surface area (Å²) < 4.78 is 0. The fraction of sp³-hybridized carbons (Fsp3) is 0.273. The average molecular weight is 223 g/mol. The van der Waals surface area contributed by atoms with Crippen molar-refractivity contribution in [2.75, 3.05) is 0 Å². The van der Waals surface area contributed by atoms with Gasteiger partial charge in [0.05, 0.1) is 6.42 Å². The Morgan fingerprint density at radius 2 is 1.81 bits per heavy atom. The van der Waals surface area contributed by atoms with E-state index in [2.05, 4.69) is 0 Å². The number of carbonyl (C=O) groups excluding carboxylic acids is 1. The molecule has 0 saturated carbocycles. The molecule has 1 atom stereocenters. The highest BCUT2D eigenvalue weighted by Crippen LogP contribution is 2.17. The summed E-state index contributed by atoms with van der Waals surface area (Å²) in [6.07, 6.45) is -0.747. The second kappa shape index (κ2) is 4.76. The molecule has 0 saturated heterocycles. The molecule has 1 rings (SSSR count). The van der Waals surface area contributed by atoms with Crippen molar-refractivity contribution in [3.63, 3.8) is 0 Å². The monoisotopic (exact) mass is 223 g/mol. The molecular weight excluding hydrogens is 210 g/mol. The molecule has 0 aliphatic rings. The first kappa shape index (κ1) is 12.2. The van der Waals surface area contributed by atoms with Crippen LogP contribution in [0.25, 0.3) is 0 Å². The van der Waals surface area contributed by atoms with Crippen LogP contribution in [0.2, 0.25) is 0 Å². The lowest BCUT2D eigenvalue weighted by Crippen LogP contribution is -2.44. The number of hydrogen-bond donors (Lipinski definition) is 3. The van der Waals surface area contributed by atoms with Crippen LogP contribution in [0, 0.1) is 0 Å². The lowest BCUT2D eigenvalue weighted by Gasteiger charge is -2.21. The van der Waals surface area contributed by atoms with E-state index in [4.69, 9.17) is 10.8 Å². The summed E-state index contributed by atoms with van der Waals surface area (Å²) in [4.78, 5) is 21.6. The highest BCUT2D eigenvalue weighted by Gasteiger charge is 2.37. The largest absolute Gasteiger partial charge is 0.479 e. The van der Waals surface area contributed by atoms with Crippen LogP contribution in [0.4, 0.5) is 0 Å². The maximum absolute atomic E-state index is 10.9. The van der Waals surface area contributed by atoms with Gasteiger partial charge in [0, 0.05) is 6.42 Å². The Morgan fingerprint density at radius 1 is 1.25 bits per heavy atom. The normalized spacial score (nSPS) is 14.1. The minimum atomic E-state index is -2.13. The van der Waals surface area contributed by atoms with E-state index in [-0.39, 0.29) is 6.42 Å². The van der Waals surface area contributed by atoms with Crippen LogP contribution in [0.15, 0.2) is 30.3 Å². The van der Waals surface area contributed by atoms with Gasteiger partial charge in [-0.05, 0) is 5.56 Å². The van der Waals surface area contributed by atoms with Gasteiger partial charge in [-0.1, -0.05) is 30.3 Å². The van der Waals surface area contributed by atoms with Crippen molar-refractivity contribution in [1.29, 1.82) is 0 Å². The smallest absolute Gasteiger partial charge is 0.336 e. The maximum atomic E-state index is 10.9. The van der Waals surface area contributed by atoms with Gasteiger partial charge in [0.25, 0.3) is 0 Å². The first-order chi connectivity index (χ1) is 7.44. The summed E-state index contributed by atoms with van der Waals surface area (Å²) in [5.74, 6) is -2.30. The first-order valence-electron chi connectivity index (χ1n) is 4.72. The van der Waals surface area contributed by atoms with E-state index >= 15 is 0 Å². The average Bonchev–Trinajstić information content (AvgIpc) is 2.17. The van der Waals surface area contributed by atoms with E-state index in [1.54, 1.807) is 30.3 Å². The molecule has 1 aromatic carbocycles. The van der Waals surface area contributed by atoms with Gasteiger partial charge >= 0.3 is 5.97 Å². The van der Waals surface area contributed by atoms with Gasteiger partial charge in [0.15, 0.2) is 5.60 Å². The lowest BCUT2D eigenvalue weighted by atomic mass is 9.91. The molecule has 86 valence electrons. The fourth-order valence-electron chi connectivity index (χ4n) is 1.44. The zero-order valence-electron chi connectivity index (χ0n) is 8.59. The van der Waals surface area contributed by atoms with E-state index in [0.29, 0.717) is 5.56 Å². The summed E-state index contributed by atoms with van der Waals surface area (Å²) >= 11 is 0. The highest BCUT2D eigenvalue weighted by atomic mass is 16.4. The van der Waals surface area contributed by atoms with E-state index in [0.717, 1.165) is 0 Å². The zero-order chi connectivity index (χ0) is 12.2. The number of nitrogens with two attached hydrogens (primary N) is 1. The fourth-order valence-corrected chi connectivity index (χ4v) is 1.44. The molecule has 16 heavy (non-hydrogen) atoms. The number of carboxylic acids is 1. The summed E-state index contributed by atoms with van der Waals surface area (Å²) in [6, 6.07) is 8.57. The molecule has 0 spiro atoms. The van der Waals surface area contributed by atoms with Crippen molar-refractivity contribution < 1.29 is 19.8 Å². The molecule has 0 bridgehead atoms. The Kier molecular flexibility index (Phi) is 3.63. The van der Waals surface area contributed by atoms with Crippen molar-refractivity contribution in [1.82, 2.24) is 0 Å². The van der Waals surface area contributed by atoms with Gasteiger partial charge in [-0.15, -0.1) is 0 Å². The van der Waals surface area contributed by atoms with E-state index < -0.39 is 23.9 Å². The molecule has 0 aliphatic carbocycles. The number of benzene rings is 1. The van der Waals surface area contributed by atoms with Crippen molar-refractivity contribution in [2.45, 2.75) is 18.4 Å². The van der Waals surface area contributed by atoms with Crippen LogP contribution in [0.1, 0.15) is 12.0 Å². The van der Waals surface area contributed by atoms with Crippen molar-refractivity contribution in [3.05, 3.63) is 35.9 Å².